The number of nitrogen functional groups attached to an aromatic ring is 2. The lowest BCUT2D eigenvalue weighted by Crippen LogP contribution is -2.30. The average Bonchev–Trinajstić information content (AvgIpc) is 0.815. The zero-order chi connectivity index (χ0) is 74.7. The molecular weight excluding hydrogens is 1350 g/mol. The number of fused-ring (bicyclic) bond motifs is 5. The quantitative estimate of drug-likeness (QED) is 0.0552. The number of aromatic nitrogens is 14. The van der Waals surface area contributed by atoms with Crippen molar-refractivity contribution in [2.75, 3.05) is 137 Å². The number of hydrogen-bond donors (Lipinski definition) is 9. The Morgan fingerprint density at radius 2 is 0.857 bits per heavy atom. The number of esters is 2. The monoisotopic (exact) mass is 1430 g/mol. The second kappa shape index (κ2) is 53.3. The van der Waals surface area contributed by atoms with Crippen molar-refractivity contribution in [3.63, 3.8) is 0 Å². The highest BCUT2D eigenvalue weighted by Gasteiger charge is 2.23. The molecule has 532 valence electrons. The number of rotatable bonds is 8. The molecule has 17 N–H and O–H groups in total. The molecule has 0 saturated heterocycles. The van der Waals surface area contributed by atoms with Crippen LogP contribution >= 0.6 is 46.7 Å². The first-order chi connectivity index (χ1) is 47.4. The maximum absolute atomic E-state index is 10.9. The number of pyridine rings is 6. The van der Waals surface area contributed by atoms with Crippen LogP contribution in [-0.2, 0) is 35.1 Å². The van der Waals surface area contributed by atoms with Crippen LogP contribution in [0.3, 0.4) is 0 Å². The van der Waals surface area contributed by atoms with E-state index >= 15 is 0 Å². The summed E-state index contributed by atoms with van der Waals surface area (Å²) in [6, 6.07) is 21.7. The van der Waals surface area contributed by atoms with Gasteiger partial charge in [-0.05, 0) is 135 Å². The molecule has 1 aliphatic rings. The highest BCUT2D eigenvalue weighted by molar-refractivity contribution is 8.01. The lowest BCUT2D eigenvalue weighted by atomic mass is 10.1. The van der Waals surface area contributed by atoms with Crippen LogP contribution in [0.1, 0.15) is 19.4 Å². The lowest BCUT2D eigenvalue weighted by molar-refractivity contribution is -0.167. The van der Waals surface area contributed by atoms with Crippen molar-refractivity contribution in [2.45, 2.75) is 30.3 Å². The van der Waals surface area contributed by atoms with Crippen LogP contribution < -0.4 is 70.5 Å². The number of thioether (sulfide) groups is 2. The smallest absolute Gasteiger partial charge is 0.417 e. The van der Waals surface area contributed by atoms with Crippen molar-refractivity contribution in [1.29, 1.82) is 0 Å². The van der Waals surface area contributed by atoms with Gasteiger partial charge < -0.3 is 79.9 Å². The third kappa shape index (κ3) is 30.9. The van der Waals surface area contributed by atoms with Crippen LogP contribution in [0.4, 0.5) is 29.0 Å². The van der Waals surface area contributed by atoms with Gasteiger partial charge in [-0.25, -0.2) is 74.4 Å². The zero-order valence-electron chi connectivity index (χ0n) is 57.6. The minimum absolute atomic E-state index is 0.162. The number of methoxy groups -OCH3 is 2. The SMILES string of the molecule is CCOC(=O)C(=O)OCC.CN.CN.CN.CN.CN.CN.CN(C)c1nc2cccnc2nc1N(C)C.COc1nc2cccnc2nc1OC.CSc1nc2cccnc2nc1SC.Clc1nc2cccnc2nc1Cl.Nc1cccnc1N.O=C1Cc2cccnc2NC1=O. The number of ketones is 1. The van der Waals surface area contributed by atoms with Crippen LogP contribution in [-0.4, -0.2) is 204 Å². The molecule has 0 aliphatic carbocycles. The summed E-state index contributed by atoms with van der Waals surface area (Å²) in [5, 5.41) is 4.72. The maximum Gasteiger partial charge on any atom is 0.417 e. The molecule has 0 spiro atoms. The third-order valence-corrected chi connectivity index (χ3v) is 12.6. The molecule has 98 heavy (non-hydrogen) atoms. The van der Waals surface area contributed by atoms with Crippen molar-refractivity contribution in [3.8, 4) is 11.8 Å². The van der Waals surface area contributed by atoms with E-state index in [9.17, 15) is 19.2 Å². The Hall–Kier alpha value is -9.82. The Morgan fingerprint density at radius 3 is 1.30 bits per heavy atom. The summed E-state index contributed by atoms with van der Waals surface area (Å²) in [7, 11) is 19.9. The Bertz CT molecular complexity index is 3600. The predicted octanol–water partition coefficient (Wildman–Crippen LogP) is 4.95. The minimum Gasteiger partial charge on any atom is -0.477 e. The molecule has 10 aromatic heterocycles. The molecule has 1 amide bonds. The topological polar surface area (TPSA) is 512 Å². The van der Waals surface area contributed by atoms with Crippen LogP contribution in [0.2, 0.25) is 10.3 Å². The average molecular weight is 1440 g/mol. The molecule has 0 atom stereocenters. The summed E-state index contributed by atoms with van der Waals surface area (Å²) in [5.74, 6) is 0.466. The number of anilines is 5. The van der Waals surface area contributed by atoms with E-state index in [1.807, 2.05) is 80.8 Å². The Morgan fingerprint density at radius 1 is 0.490 bits per heavy atom. The summed E-state index contributed by atoms with van der Waals surface area (Å²) in [6.45, 7) is 3.63. The number of Topliss-reactive ketones (excluding diaryl/α,β-unsaturated/α-hetero) is 1. The normalized spacial score (nSPS) is 9.84. The van der Waals surface area contributed by atoms with Crippen molar-refractivity contribution >= 4 is 144 Å². The molecule has 10 aromatic rings. The predicted molar refractivity (Wildman–Crippen MR) is 393 cm³/mol. The fraction of sp³-hybridized carbons (Fsp3) is 0.311. The highest BCUT2D eigenvalue weighted by Crippen LogP contribution is 2.27. The Kier molecular flexibility index (Phi) is 49.1. The molecule has 0 saturated carbocycles. The van der Waals surface area contributed by atoms with Gasteiger partial charge >= 0.3 is 11.9 Å². The van der Waals surface area contributed by atoms with E-state index in [0.29, 0.717) is 57.1 Å². The first-order valence-electron chi connectivity index (χ1n) is 28.7. The number of ether oxygens (including phenoxy) is 4. The van der Waals surface area contributed by atoms with Gasteiger partial charge in [0.1, 0.15) is 43.8 Å². The second-order valence-corrected chi connectivity index (χ2v) is 19.1. The fourth-order valence-corrected chi connectivity index (χ4v) is 8.09. The van der Waals surface area contributed by atoms with E-state index in [1.54, 1.807) is 117 Å². The van der Waals surface area contributed by atoms with Gasteiger partial charge in [0, 0.05) is 77.4 Å². The van der Waals surface area contributed by atoms with Gasteiger partial charge in [0.25, 0.3) is 17.7 Å². The summed E-state index contributed by atoms with van der Waals surface area (Å²) in [4.78, 5) is 105. The van der Waals surface area contributed by atoms with Gasteiger partial charge in [-0.15, -0.1) is 23.5 Å². The second-order valence-electron chi connectivity index (χ2n) is 16.8. The third-order valence-electron chi connectivity index (χ3n) is 10.5. The van der Waals surface area contributed by atoms with Crippen molar-refractivity contribution < 1.29 is 38.1 Å². The van der Waals surface area contributed by atoms with Gasteiger partial charge in [-0.1, -0.05) is 29.3 Å². The molecule has 37 heteroatoms. The molecule has 0 fully saturated rings. The zero-order valence-corrected chi connectivity index (χ0v) is 60.8. The van der Waals surface area contributed by atoms with E-state index in [4.69, 9.17) is 44.1 Å². The summed E-state index contributed by atoms with van der Waals surface area (Å²) >= 11 is 14.5. The lowest BCUT2D eigenvalue weighted by Gasteiger charge is -2.20. The van der Waals surface area contributed by atoms with Crippen LogP contribution in [0.25, 0.3) is 44.7 Å². The van der Waals surface area contributed by atoms with E-state index in [-0.39, 0.29) is 29.9 Å². The first-order valence-corrected chi connectivity index (χ1v) is 31.9. The number of halogens is 2. The van der Waals surface area contributed by atoms with Crippen molar-refractivity contribution in [3.05, 3.63) is 126 Å². The molecule has 33 nitrogen and oxygen atoms in total. The van der Waals surface area contributed by atoms with E-state index in [2.05, 4.69) is 119 Å². The largest absolute Gasteiger partial charge is 0.477 e. The van der Waals surface area contributed by atoms with Crippen LogP contribution in [0, 0.1) is 0 Å². The van der Waals surface area contributed by atoms with Gasteiger partial charge in [0.2, 0.25) is 5.78 Å². The number of carbonyl (C=O) groups excluding carboxylic acids is 4. The summed E-state index contributed by atoms with van der Waals surface area (Å²) in [5.41, 5.74) is 44.4. The van der Waals surface area contributed by atoms with Crippen molar-refractivity contribution in [2.24, 2.45) is 34.4 Å². The number of amides is 1. The number of nitrogens with zero attached hydrogens (tertiary/aromatic N) is 16. The fourth-order valence-electron chi connectivity index (χ4n) is 6.52. The number of hydrogen-bond acceptors (Lipinski definition) is 34. The number of carbonyl (C=O) groups is 4. The molecule has 11 heterocycles. The number of nitrogens with two attached hydrogens (primary N) is 8. The van der Waals surface area contributed by atoms with Gasteiger partial charge in [0.05, 0.1) is 33.1 Å². The summed E-state index contributed by atoms with van der Waals surface area (Å²) < 4.78 is 18.7. The van der Waals surface area contributed by atoms with Crippen molar-refractivity contribution in [1.82, 2.24) is 69.8 Å². The highest BCUT2D eigenvalue weighted by atomic mass is 35.5. The molecular formula is C61H89Cl2N25O8S2. The minimum atomic E-state index is -0.927. The van der Waals surface area contributed by atoms with Gasteiger partial charge in [0.15, 0.2) is 44.5 Å². The molecule has 11 rings (SSSR count). The number of nitrogens with one attached hydrogen (secondary N) is 1. The van der Waals surface area contributed by atoms with E-state index < -0.39 is 23.6 Å². The molecule has 0 aromatic carbocycles. The molecule has 0 bridgehead atoms. The summed E-state index contributed by atoms with van der Waals surface area (Å²) in [6.07, 6.45) is 14.1. The Labute approximate surface area is 588 Å². The molecule has 1 aliphatic heterocycles. The first kappa shape index (κ1) is 90.2. The van der Waals surface area contributed by atoms with Gasteiger partial charge in [-0.3, -0.25) is 9.59 Å². The van der Waals surface area contributed by atoms with Gasteiger partial charge in [-0.2, -0.15) is 4.98 Å². The van der Waals surface area contributed by atoms with E-state index in [0.717, 1.165) is 43.9 Å². The van der Waals surface area contributed by atoms with E-state index in [1.165, 1.54) is 56.5 Å². The standard InChI is InChI=1S/C11H15N5.C9H9N3O2.C9H9N3S2.C8H6N2O2.C7H3Cl2N3.C6H10O4.C5H7N3.6CH5N/c1-15(2)10-11(16(3)4)14-9-8(13-10)6-5-7-12-9;2*1-13-8-9(14-2)12-7-6(11-8)4-3-5-10-7;11-6-4-5-2-1-3-9-7(5)10-8(6)12;8-5-6(9)12-7-4(11-5)2-1-3-10-7;1-3-9-5(7)6(8)10-4-2;6-4-2-1-3-8-5(4)7;6*1-2/h5-7H,1-4H3;2*3-5H,1-2H3;1-3H,4H2,(H,9,10,12);1-3H;3-4H2,1-2H3;1-3H,6H2,(H2,7,8);6*2H2,1H3. The Balaban J connectivity index is 0. The van der Waals surface area contributed by atoms with Crippen LogP contribution in [0.15, 0.2) is 120 Å². The van der Waals surface area contributed by atoms with Crippen LogP contribution in [0.5, 0.6) is 11.8 Å². The molecule has 0 radical (unpaired) electrons. The molecule has 0 unspecified atom stereocenters. The maximum atomic E-state index is 10.9.